The number of guanidine groups is 1. The van der Waals surface area contributed by atoms with Crippen LogP contribution < -0.4 is 15.4 Å². The van der Waals surface area contributed by atoms with E-state index in [-0.39, 0.29) is 5.75 Å². The van der Waals surface area contributed by atoms with E-state index in [1.165, 1.54) is 51.5 Å². The fourth-order valence-corrected chi connectivity index (χ4v) is 4.49. The zero-order chi connectivity index (χ0) is 19.8. The van der Waals surface area contributed by atoms with Crippen molar-refractivity contribution in [2.24, 2.45) is 4.99 Å². The maximum Gasteiger partial charge on any atom is 0.191 e. The molecule has 6 nitrogen and oxygen atoms in total. The molecule has 1 aromatic carbocycles. The Labute approximate surface area is 169 Å². The number of ether oxygens (including phenoxy) is 1. The SMILES string of the molecule is CN=C(NCCc1ccc(OC)cc1O)NC1CCCN(C2CCCCC2)C1. The van der Waals surface area contributed by atoms with E-state index in [0.717, 1.165) is 37.1 Å². The molecule has 1 atom stereocenters. The van der Waals surface area contributed by atoms with Gasteiger partial charge in [0.25, 0.3) is 0 Å². The maximum absolute atomic E-state index is 10.1. The molecule has 6 heteroatoms. The lowest BCUT2D eigenvalue weighted by Crippen LogP contribution is -2.53. The lowest BCUT2D eigenvalue weighted by Gasteiger charge is -2.40. The van der Waals surface area contributed by atoms with Gasteiger partial charge in [0.05, 0.1) is 7.11 Å². The topological polar surface area (TPSA) is 69.1 Å². The average Bonchev–Trinajstić information content (AvgIpc) is 2.75. The van der Waals surface area contributed by atoms with Crippen LogP contribution in [-0.2, 0) is 6.42 Å². The van der Waals surface area contributed by atoms with Gasteiger partial charge in [0.1, 0.15) is 11.5 Å². The molecule has 3 N–H and O–H groups in total. The van der Waals surface area contributed by atoms with Crippen LogP contribution in [0.15, 0.2) is 23.2 Å². The van der Waals surface area contributed by atoms with Crippen LogP contribution in [0, 0.1) is 0 Å². The monoisotopic (exact) mass is 388 g/mol. The lowest BCUT2D eigenvalue weighted by molar-refractivity contribution is 0.115. The predicted octanol–water partition coefficient (Wildman–Crippen LogP) is 2.91. The number of likely N-dealkylation sites (tertiary alicyclic amines) is 1. The van der Waals surface area contributed by atoms with E-state index in [4.69, 9.17) is 4.74 Å². The number of methoxy groups -OCH3 is 1. The average molecular weight is 389 g/mol. The third-order valence-electron chi connectivity index (χ3n) is 6.09. The number of aromatic hydroxyl groups is 1. The lowest BCUT2D eigenvalue weighted by atomic mass is 9.92. The van der Waals surface area contributed by atoms with E-state index >= 15 is 0 Å². The fraction of sp³-hybridized carbons (Fsp3) is 0.682. The van der Waals surface area contributed by atoms with Crippen molar-refractivity contribution >= 4 is 5.96 Å². The maximum atomic E-state index is 10.1. The summed E-state index contributed by atoms with van der Waals surface area (Å²) in [6.45, 7) is 3.08. The van der Waals surface area contributed by atoms with Crippen molar-refractivity contribution in [3.05, 3.63) is 23.8 Å². The normalized spacial score (nSPS) is 22.1. The van der Waals surface area contributed by atoms with Gasteiger partial charge in [-0.05, 0) is 50.3 Å². The molecule has 2 fully saturated rings. The first-order valence-electron chi connectivity index (χ1n) is 10.8. The van der Waals surface area contributed by atoms with Crippen molar-refractivity contribution < 1.29 is 9.84 Å². The Hall–Kier alpha value is -1.95. The van der Waals surface area contributed by atoms with Crippen LogP contribution in [0.2, 0.25) is 0 Å². The molecule has 1 aromatic rings. The number of phenolic OH excluding ortho intramolecular Hbond substituents is 1. The van der Waals surface area contributed by atoms with Crippen LogP contribution in [0.5, 0.6) is 11.5 Å². The Balaban J connectivity index is 1.45. The van der Waals surface area contributed by atoms with Gasteiger partial charge in [-0.2, -0.15) is 0 Å². The van der Waals surface area contributed by atoms with Crippen molar-refractivity contribution in [1.82, 2.24) is 15.5 Å². The highest BCUT2D eigenvalue weighted by atomic mass is 16.5. The Kier molecular flexibility index (Phi) is 7.83. The number of nitrogens with one attached hydrogen (secondary N) is 2. The van der Waals surface area contributed by atoms with Crippen molar-refractivity contribution in [2.75, 3.05) is 33.8 Å². The van der Waals surface area contributed by atoms with Crippen molar-refractivity contribution in [3.63, 3.8) is 0 Å². The highest BCUT2D eigenvalue weighted by Gasteiger charge is 2.27. The Bertz CT molecular complexity index is 643. The predicted molar refractivity (Wildman–Crippen MR) is 114 cm³/mol. The Morgan fingerprint density at radius 1 is 1.21 bits per heavy atom. The molecule has 28 heavy (non-hydrogen) atoms. The van der Waals surface area contributed by atoms with Gasteiger partial charge in [-0.25, -0.2) is 0 Å². The van der Waals surface area contributed by atoms with E-state index < -0.39 is 0 Å². The molecular weight excluding hydrogens is 352 g/mol. The van der Waals surface area contributed by atoms with Gasteiger partial charge in [0.2, 0.25) is 0 Å². The summed E-state index contributed by atoms with van der Waals surface area (Å²) in [5, 5.41) is 17.1. The first-order chi connectivity index (χ1) is 13.7. The second kappa shape index (κ2) is 10.6. The van der Waals surface area contributed by atoms with Crippen LogP contribution in [0.3, 0.4) is 0 Å². The molecule has 1 unspecified atom stereocenters. The molecular formula is C22H36N4O2. The molecule has 0 bridgehead atoms. The number of nitrogens with zero attached hydrogens (tertiary/aromatic N) is 2. The zero-order valence-corrected chi connectivity index (χ0v) is 17.4. The summed E-state index contributed by atoms with van der Waals surface area (Å²) in [6.07, 6.45) is 10.1. The molecule has 0 aromatic heterocycles. The summed E-state index contributed by atoms with van der Waals surface area (Å²) in [4.78, 5) is 7.09. The van der Waals surface area contributed by atoms with Gasteiger partial charge in [-0.1, -0.05) is 25.3 Å². The molecule has 1 saturated heterocycles. The molecule has 0 radical (unpaired) electrons. The molecule has 156 valence electrons. The largest absolute Gasteiger partial charge is 0.508 e. The van der Waals surface area contributed by atoms with E-state index in [9.17, 15) is 5.11 Å². The third kappa shape index (κ3) is 5.77. The van der Waals surface area contributed by atoms with Crippen LogP contribution in [-0.4, -0.2) is 61.8 Å². The summed E-state index contributed by atoms with van der Waals surface area (Å²) >= 11 is 0. The summed E-state index contributed by atoms with van der Waals surface area (Å²) in [5.74, 6) is 1.80. The van der Waals surface area contributed by atoms with Gasteiger partial charge in [-0.3, -0.25) is 9.89 Å². The minimum atomic E-state index is 0.277. The second-order valence-electron chi connectivity index (χ2n) is 8.01. The van der Waals surface area contributed by atoms with Crippen molar-refractivity contribution in [1.29, 1.82) is 0 Å². The van der Waals surface area contributed by atoms with Crippen LogP contribution in [0.1, 0.15) is 50.5 Å². The summed E-state index contributed by atoms with van der Waals surface area (Å²) < 4.78 is 5.14. The minimum Gasteiger partial charge on any atom is -0.508 e. The minimum absolute atomic E-state index is 0.277. The standard InChI is InChI=1S/C22H36N4O2/c1-23-22(24-13-12-17-10-11-20(28-2)15-21(17)27)25-18-7-6-14-26(16-18)19-8-4-3-5-9-19/h10-11,15,18-19,27H,3-9,12-14,16H2,1-2H3,(H2,23,24,25). The molecule has 0 amide bonds. The summed E-state index contributed by atoms with van der Waals surface area (Å²) in [7, 11) is 3.42. The van der Waals surface area contributed by atoms with E-state index in [1.54, 1.807) is 13.2 Å². The highest BCUT2D eigenvalue weighted by Crippen LogP contribution is 2.25. The molecule has 1 heterocycles. The molecule has 1 saturated carbocycles. The first-order valence-corrected chi connectivity index (χ1v) is 10.8. The molecule has 2 aliphatic rings. The van der Waals surface area contributed by atoms with Crippen LogP contribution >= 0.6 is 0 Å². The van der Waals surface area contributed by atoms with Gasteiger partial charge in [0, 0.05) is 38.3 Å². The number of piperidine rings is 1. The van der Waals surface area contributed by atoms with Gasteiger partial charge in [0.15, 0.2) is 5.96 Å². The van der Waals surface area contributed by atoms with E-state index in [2.05, 4.69) is 20.5 Å². The first kappa shape index (κ1) is 20.8. The molecule has 1 aliphatic carbocycles. The van der Waals surface area contributed by atoms with Crippen molar-refractivity contribution in [3.8, 4) is 11.5 Å². The summed E-state index contributed by atoms with van der Waals surface area (Å²) in [5.41, 5.74) is 0.907. The van der Waals surface area contributed by atoms with Gasteiger partial charge >= 0.3 is 0 Å². The Morgan fingerprint density at radius 2 is 2.04 bits per heavy atom. The van der Waals surface area contributed by atoms with Gasteiger partial charge in [-0.15, -0.1) is 0 Å². The third-order valence-corrected chi connectivity index (χ3v) is 6.09. The number of benzene rings is 1. The second-order valence-corrected chi connectivity index (χ2v) is 8.01. The number of hydrogen-bond donors (Lipinski definition) is 3. The number of hydrogen-bond acceptors (Lipinski definition) is 4. The van der Waals surface area contributed by atoms with Crippen molar-refractivity contribution in [2.45, 2.75) is 63.5 Å². The molecule has 0 spiro atoms. The number of aliphatic imine (C=N–C) groups is 1. The van der Waals surface area contributed by atoms with Crippen LogP contribution in [0.4, 0.5) is 0 Å². The summed E-state index contributed by atoms with van der Waals surface area (Å²) in [6, 6.07) is 6.69. The fourth-order valence-electron chi connectivity index (χ4n) is 4.49. The molecule has 1 aliphatic heterocycles. The zero-order valence-electron chi connectivity index (χ0n) is 17.4. The highest BCUT2D eigenvalue weighted by molar-refractivity contribution is 5.80. The quantitative estimate of drug-likeness (QED) is 0.516. The van der Waals surface area contributed by atoms with Gasteiger partial charge < -0.3 is 20.5 Å². The molecule has 3 rings (SSSR count). The number of rotatable bonds is 6. The van der Waals surface area contributed by atoms with E-state index in [1.807, 2.05) is 19.2 Å². The number of phenols is 1. The Morgan fingerprint density at radius 3 is 2.75 bits per heavy atom. The smallest absolute Gasteiger partial charge is 0.191 e. The van der Waals surface area contributed by atoms with E-state index in [0.29, 0.717) is 11.8 Å². The van der Waals surface area contributed by atoms with Crippen LogP contribution in [0.25, 0.3) is 0 Å².